The Morgan fingerprint density at radius 2 is 1.75 bits per heavy atom. The number of nitrogens with zero attached hydrogens (tertiary/aromatic N) is 2. The molecule has 2 heterocycles. The summed E-state index contributed by atoms with van der Waals surface area (Å²) in [6.07, 6.45) is 0. The zero-order chi connectivity index (χ0) is 16.7. The van der Waals surface area contributed by atoms with E-state index in [1.54, 1.807) is 48.0 Å². The van der Waals surface area contributed by atoms with Gasteiger partial charge in [0.05, 0.1) is 12.8 Å². The quantitative estimate of drug-likeness (QED) is 0.805. The number of fused-ring (bicyclic) bond motifs is 1. The zero-order valence-corrected chi connectivity index (χ0v) is 13.9. The van der Waals surface area contributed by atoms with E-state index in [0.29, 0.717) is 17.2 Å². The van der Waals surface area contributed by atoms with Crippen molar-refractivity contribution >= 4 is 29.4 Å². The number of amides is 3. The molecule has 0 saturated carbocycles. The number of ether oxygens (including phenoxy) is 1. The number of urea groups is 1. The van der Waals surface area contributed by atoms with Crippen LogP contribution in [0.15, 0.2) is 54.6 Å². The second-order valence-corrected chi connectivity index (χ2v) is 6.79. The molecule has 0 bridgehead atoms. The summed E-state index contributed by atoms with van der Waals surface area (Å²) in [5, 5.41) is -0.115. The summed E-state index contributed by atoms with van der Waals surface area (Å²) in [5.41, 5.74) is 1.62. The second-order valence-electron chi connectivity index (χ2n) is 5.67. The Labute approximate surface area is 144 Å². The number of benzene rings is 2. The molecule has 3 amide bonds. The monoisotopic (exact) mass is 340 g/mol. The molecule has 4 rings (SSSR count). The molecule has 2 saturated heterocycles. The van der Waals surface area contributed by atoms with Crippen molar-refractivity contribution in [1.29, 1.82) is 0 Å². The van der Waals surface area contributed by atoms with Gasteiger partial charge < -0.3 is 4.74 Å². The summed E-state index contributed by atoms with van der Waals surface area (Å²) in [4.78, 5) is 28.6. The van der Waals surface area contributed by atoms with Crippen LogP contribution in [0.5, 0.6) is 5.75 Å². The molecule has 5 nitrogen and oxygen atoms in total. The van der Waals surface area contributed by atoms with Crippen molar-refractivity contribution in [2.24, 2.45) is 0 Å². The van der Waals surface area contributed by atoms with Gasteiger partial charge >= 0.3 is 6.03 Å². The number of anilines is 1. The lowest BCUT2D eigenvalue weighted by molar-refractivity contribution is -0.119. The molecule has 0 spiro atoms. The van der Waals surface area contributed by atoms with Crippen LogP contribution >= 0.6 is 11.8 Å². The maximum Gasteiger partial charge on any atom is 0.333 e. The van der Waals surface area contributed by atoms with Gasteiger partial charge in [0.1, 0.15) is 17.2 Å². The first-order chi connectivity index (χ1) is 11.7. The number of methoxy groups -OCH3 is 1. The Bertz CT molecular complexity index is 779. The van der Waals surface area contributed by atoms with Crippen LogP contribution < -0.4 is 9.64 Å². The number of hydrogen-bond acceptors (Lipinski definition) is 4. The van der Waals surface area contributed by atoms with Gasteiger partial charge in [0, 0.05) is 5.75 Å². The van der Waals surface area contributed by atoms with Crippen molar-refractivity contribution in [1.82, 2.24) is 4.90 Å². The molecule has 2 aromatic carbocycles. The van der Waals surface area contributed by atoms with Crippen molar-refractivity contribution in [3.8, 4) is 5.75 Å². The summed E-state index contributed by atoms with van der Waals surface area (Å²) >= 11 is 1.64. The lowest BCUT2D eigenvalue weighted by Gasteiger charge is -2.23. The highest BCUT2D eigenvalue weighted by Crippen LogP contribution is 2.45. The van der Waals surface area contributed by atoms with Crippen LogP contribution in [-0.4, -0.2) is 35.7 Å². The smallest absolute Gasteiger partial charge is 0.333 e. The van der Waals surface area contributed by atoms with E-state index in [1.807, 2.05) is 30.3 Å². The molecular formula is C18H16N2O3S. The highest BCUT2D eigenvalue weighted by atomic mass is 32.2. The van der Waals surface area contributed by atoms with Gasteiger partial charge in [-0.2, -0.15) is 0 Å². The average Bonchev–Trinajstić information content (AvgIpc) is 3.17. The van der Waals surface area contributed by atoms with E-state index in [0.717, 1.165) is 5.56 Å². The number of rotatable bonds is 3. The van der Waals surface area contributed by atoms with Gasteiger partial charge in [0.15, 0.2) is 0 Å². The van der Waals surface area contributed by atoms with Crippen LogP contribution in [0.1, 0.15) is 10.9 Å². The second kappa shape index (κ2) is 5.87. The summed E-state index contributed by atoms with van der Waals surface area (Å²) in [6, 6.07) is 16.2. The topological polar surface area (TPSA) is 49.9 Å². The van der Waals surface area contributed by atoms with Crippen molar-refractivity contribution in [3.05, 3.63) is 60.2 Å². The maximum atomic E-state index is 12.9. The summed E-state index contributed by atoms with van der Waals surface area (Å²) in [5.74, 6) is 1.16. The fraction of sp³-hybridized carbons (Fsp3) is 0.222. The number of thioether (sulfide) groups is 1. The largest absolute Gasteiger partial charge is 0.497 e. The predicted octanol–water partition coefficient (Wildman–Crippen LogP) is 3.28. The van der Waals surface area contributed by atoms with Crippen LogP contribution in [0, 0.1) is 0 Å². The molecule has 2 fully saturated rings. The summed E-state index contributed by atoms with van der Waals surface area (Å²) in [7, 11) is 1.58. The molecule has 2 aliphatic rings. The van der Waals surface area contributed by atoms with Gasteiger partial charge in [-0.1, -0.05) is 30.3 Å². The molecule has 2 aliphatic heterocycles. The van der Waals surface area contributed by atoms with Gasteiger partial charge in [-0.15, -0.1) is 11.8 Å². The standard InChI is InChI=1S/C18H16N2O3S/c1-23-14-9-7-13(8-10-14)19-16(21)15-11-24-17(20(15)18(19)22)12-5-3-2-4-6-12/h2-10,15,17H,11H2,1H3/t15-,17-/m1/s1. The Morgan fingerprint density at radius 3 is 2.42 bits per heavy atom. The zero-order valence-electron chi connectivity index (χ0n) is 13.1. The Hall–Kier alpha value is -2.47. The third-order valence-electron chi connectivity index (χ3n) is 4.33. The third-order valence-corrected chi connectivity index (χ3v) is 5.66. The molecule has 122 valence electrons. The van der Waals surface area contributed by atoms with Gasteiger partial charge in [0.2, 0.25) is 0 Å². The molecular weight excluding hydrogens is 324 g/mol. The van der Waals surface area contributed by atoms with Crippen LogP contribution in [0.3, 0.4) is 0 Å². The van der Waals surface area contributed by atoms with E-state index in [-0.39, 0.29) is 17.3 Å². The van der Waals surface area contributed by atoms with Crippen LogP contribution in [0.25, 0.3) is 0 Å². The maximum absolute atomic E-state index is 12.9. The lowest BCUT2D eigenvalue weighted by Crippen LogP contribution is -2.33. The fourth-order valence-corrected chi connectivity index (χ4v) is 4.55. The molecule has 24 heavy (non-hydrogen) atoms. The first-order valence-electron chi connectivity index (χ1n) is 7.67. The van der Waals surface area contributed by atoms with Gasteiger partial charge in [-0.3, -0.25) is 9.69 Å². The molecule has 0 N–H and O–H groups in total. The van der Waals surface area contributed by atoms with E-state index in [2.05, 4.69) is 0 Å². The Kier molecular flexibility index (Phi) is 3.69. The third kappa shape index (κ3) is 2.26. The first kappa shape index (κ1) is 15.1. The number of carbonyl (C=O) groups is 2. The van der Waals surface area contributed by atoms with E-state index in [1.165, 1.54) is 4.90 Å². The van der Waals surface area contributed by atoms with E-state index in [9.17, 15) is 9.59 Å². The highest BCUT2D eigenvalue weighted by molar-refractivity contribution is 7.99. The summed E-state index contributed by atoms with van der Waals surface area (Å²) in [6.45, 7) is 0. The van der Waals surface area contributed by atoms with E-state index >= 15 is 0 Å². The summed E-state index contributed by atoms with van der Waals surface area (Å²) < 4.78 is 5.13. The molecule has 0 aromatic heterocycles. The molecule has 0 unspecified atom stereocenters. The molecule has 2 atom stereocenters. The normalized spacial score (nSPS) is 22.9. The van der Waals surface area contributed by atoms with Crippen molar-refractivity contribution in [2.75, 3.05) is 17.8 Å². The SMILES string of the molecule is COc1ccc(N2C(=O)[C@H]3CS[C@H](c4ccccc4)N3C2=O)cc1. The van der Waals surface area contributed by atoms with Gasteiger partial charge in [0.25, 0.3) is 5.91 Å². The van der Waals surface area contributed by atoms with Crippen LogP contribution in [0.4, 0.5) is 10.5 Å². The van der Waals surface area contributed by atoms with E-state index in [4.69, 9.17) is 4.74 Å². The number of hydrogen-bond donors (Lipinski definition) is 0. The predicted molar refractivity (Wildman–Crippen MR) is 93.1 cm³/mol. The molecule has 6 heteroatoms. The lowest BCUT2D eigenvalue weighted by atomic mass is 10.2. The number of imide groups is 1. The number of carbonyl (C=O) groups excluding carboxylic acids is 2. The van der Waals surface area contributed by atoms with Crippen molar-refractivity contribution < 1.29 is 14.3 Å². The van der Waals surface area contributed by atoms with Gasteiger partial charge in [-0.25, -0.2) is 9.69 Å². The van der Waals surface area contributed by atoms with Crippen LogP contribution in [-0.2, 0) is 4.79 Å². The highest BCUT2D eigenvalue weighted by Gasteiger charge is 2.53. The minimum Gasteiger partial charge on any atom is -0.497 e. The van der Waals surface area contributed by atoms with Crippen molar-refractivity contribution in [2.45, 2.75) is 11.4 Å². The Balaban J connectivity index is 1.66. The van der Waals surface area contributed by atoms with Gasteiger partial charge in [-0.05, 0) is 29.8 Å². The minimum absolute atomic E-state index is 0.115. The molecule has 2 aromatic rings. The fourth-order valence-electron chi connectivity index (χ4n) is 3.13. The van der Waals surface area contributed by atoms with Crippen molar-refractivity contribution in [3.63, 3.8) is 0 Å². The van der Waals surface area contributed by atoms with E-state index < -0.39 is 6.04 Å². The molecule has 0 aliphatic carbocycles. The minimum atomic E-state index is -0.394. The Morgan fingerprint density at radius 1 is 1.04 bits per heavy atom. The average molecular weight is 340 g/mol. The first-order valence-corrected chi connectivity index (χ1v) is 8.72. The van der Waals surface area contributed by atoms with Crippen LogP contribution in [0.2, 0.25) is 0 Å². The molecule has 0 radical (unpaired) electrons.